The molecule has 1 heterocycles. The van der Waals surface area contributed by atoms with Gasteiger partial charge in [0.15, 0.2) is 0 Å². The fraction of sp³-hybridized carbons (Fsp3) is 0.364. The van der Waals surface area contributed by atoms with E-state index in [0.29, 0.717) is 0 Å². The highest BCUT2D eigenvalue weighted by atomic mass is 14.6. The minimum absolute atomic E-state index is 0.966. The second-order valence-electron chi connectivity index (χ2n) is 2.80. The minimum atomic E-state index is 0.966. The first-order chi connectivity index (χ1) is 5.83. The van der Waals surface area contributed by atoms with Crippen LogP contribution in [0.4, 0.5) is 0 Å². The van der Waals surface area contributed by atoms with Crippen LogP contribution in [-0.2, 0) is 0 Å². The molecule has 1 aromatic heterocycles. The number of rotatable bonds is 1. The van der Waals surface area contributed by atoms with Crippen LogP contribution in [0.1, 0.15) is 30.9 Å². The zero-order valence-electron chi connectivity index (χ0n) is 7.59. The molecule has 0 bridgehead atoms. The molecular formula is C11H13N. The summed E-state index contributed by atoms with van der Waals surface area (Å²) in [5.41, 5.74) is 2.18. The zero-order chi connectivity index (χ0) is 8.81. The normalized spacial score (nSPS) is 8.83. The molecule has 1 aromatic rings. The van der Waals surface area contributed by atoms with Crippen LogP contribution >= 0.6 is 0 Å². The Morgan fingerprint density at radius 3 is 2.92 bits per heavy atom. The van der Waals surface area contributed by atoms with E-state index >= 15 is 0 Å². The summed E-state index contributed by atoms with van der Waals surface area (Å²) in [4.78, 5) is 4.06. The topological polar surface area (TPSA) is 12.9 Å². The molecule has 0 amide bonds. The molecule has 0 radical (unpaired) electrons. The van der Waals surface area contributed by atoms with Crippen LogP contribution in [0.5, 0.6) is 0 Å². The van der Waals surface area contributed by atoms with Gasteiger partial charge in [0.25, 0.3) is 0 Å². The predicted octanol–water partition coefficient (Wildman–Crippen LogP) is 2.54. The van der Waals surface area contributed by atoms with Crippen molar-refractivity contribution in [3.05, 3.63) is 29.6 Å². The summed E-state index contributed by atoms with van der Waals surface area (Å²) in [5, 5.41) is 0. The maximum absolute atomic E-state index is 4.06. The standard InChI is InChI=1S/C11H13N/c1-3-4-5-6-11-7-10(2)8-12-9-11/h7-9H,3-4H2,1-2H3. The smallest absolute Gasteiger partial charge is 0.0431 e. The van der Waals surface area contributed by atoms with Crippen LogP contribution in [0.15, 0.2) is 18.5 Å². The molecular weight excluding hydrogens is 146 g/mol. The maximum atomic E-state index is 4.06. The Kier molecular flexibility index (Phi) is 3.35. The quantitative estimate of drug-likeness (QED) is 0.574. The Labute approximate surface area is 73.8 Å². The molecule has 1 heteroatoms. The number of hydrogen-bond acceptors (Lipinski definition) is 1. The number of hydrogen-bond donors (Lipinski definition) is 0. The van der Waals surface area contributed by atoms with Gasteiger partial charge in [0.1, 0.15) is 0 Å². The molecule has 12 heavy (non-hydrogen) atoms. The van der Waals surface area contributed by atoms with Gasteiger partial charge in [-0.25, -0.2) is 0 Å². The van der Waals surface area contributed by atoms with Gasteiger partial charge in [-0.05, 0) is 25.0 Å². The summed E-state index contributed by atoms with van der Waals surface area (Å²) < 4.78 is 0. The van der Waals surface area contributed by atoms with E-state index in [9.17, 15) is 0 Å². The number of nitrogens with zero attached hydrogens (tertiary/aromatic N) is 1. The average molecular weight is 159 g/mol. The first-order valence-corrected chi connectivity index (χ1v) is 4.23. The van der Waals surface area contributed by atoms with Gasteiger partial charge in [0.2, 0.25) is 0 Å². The van der Waals surface area contributed by atoms with Gasteiger partial charge in [0, 0.05) is 24.4 Å². The van der Waals surface area contributed by atoms with Crippen LogP contribution in [0.25, 0.3) is 0 Å². The number of aryl methyl sites for hydroxylation is 1. The van der Waals surface area contributed by atoms with Crippen molar-refractivity contribution in [1.82, 2.24) is 4.98 Å². The van der Waals surface area contributed by atoms with Gasteiger partial charge in [0.05, 0.1) is 0 Å². The van der Waals surface area contributed by atoms with E-state index in [4.69, 9.17) is 0 Å². The van der Waals surface area contributed by atoms with Crippen LogP contribution in [0.2, 0.25) is 0 Å². The third kappa shape index (κ3) is 2.75. The molecule has 0 atom stereocenters. The van der Waals surface area contributed by atoms with Crippen LogP contribution in [-0.4, -0.2) is 4.98 Å². The highest BCUT2D eigenvalue weighted by Gasteiger charge is 1.86. The van der Waals surface area contributed by atoms with Gasteiger partial charge in [-0.2, -0.15) is 0 Å². The van der Waals surface area contributed by atoms with Gasteiger partial charge < -0.3 is 0 Å². The van der Waals surface area contributed by atoms with E-state index in [-0.39, 0.29) is 0 Å². The lowest BCUT2D eigenvalue weighted by Gasteiger charge is -1.90. The first-order valence-electron chi connectivity index (χ1n) is 4.23. The Morgan fingerprint density at radius 2 is 2.25 bits per heavy atom. The molecule has 0 N–H and O–H groups in total. The fourth-order valence-corrected chi connectivity index (χ4v) is 0.913. The lowest BCUT2D eigenvalue weighted by molar-refractivity contribution is 0.983. The van der Waals surface area contributed by atoms with Crippen LogP contribution in [0.3, 0.4) is 0 Å². The number of aromatic nitrogens is 1. The Balaban J connectivity index is 2.71. The second kappa shape index (κ2) is 4.56. The van der Waals surface area contributed by atoms with E-state index in [2.05, 4.69) is 29.8 Å². The van der Waals surface area contributed by atoms with Gasteiger partial charge in [-0.3, -0.25) is 4.98 Å². The minimum Gasteiger partial charge on any atom is -0.263 e. The van der Waals surface area contributed by atoms with Crippen molar-refractivity contribution in [2.45, 2.75) is 26.7 Å². The molecule has 0 aliphatic heterocycles. The average Bonchev–Trinajstić information content (AvgIpc) is 2.05. The van der Waals surface area contributed by atoms with Crippen molar-refractivity contribution in [3.8, 4) is 11.8 Å². The maximum Gasteiger partial charge on any atom is 0.0431 e. The highest BCUT2D eigenvalue weighted by Crippen LogP contribution is 1.98. The van der Waals surface area contributed by atoms with Crippen molar-refractivity contribution in [2.75, 3.05) is 0 Å². The summed E-state index contributed by atoms with van der Waals surface area (Å²) in [6, 6.07) is 2.05. The largest absolute Gasteiger partial charge is 0.263 e. The van der Waals surface area contributed by atoms with Crippen molar-refractivity contribution in [2.24, 2.45) is 0 Å². The molecule has 0 saturated carbocycles. The lowest BCUT2D eigenvalue weighted by Crippen LogP contribution is -1.79. The number of pyridine rings is 1. The van der Waals surface area contributed by atoms with E-state index in [0.717, 1.165) is 18.4 Å². The van der Waals surface area contributed by atoms with E-state index in [1.807, 2.05) is 13.1 Å². The molecule has 62 valence electrons. The van der Waals surface area contributed by atoms with E-state index in [1.54, 1.807) is 6.20 Å². The predicted molar refractivity (Wildman–Crippen MR) is 50.8 cm³/mol. The zero-order valence-corrected chi connectivity index (χ0v) is 7.59. The second-order valence-corrected chi connectivity index (χ2v) is 2.80. The van der Waals surface area contributed by atoms with Crippen LogP contribution < -0.4 is 0 Å². The van der Waals surface area contributed by atoms with Crippen molar-refractivity contribution >= 4 is 0 Å². The molecule has 0 aromatic carbocycles. The highest BCUT2D eigenvalue weighted by molar-refractivity contribution is 5.33. The monoisotopic (exact) mass is 159 g/mol. The molecule has 0 aliphatic rings. The molecule has 0 saturated heterocycles. The SMILES string of the molecule is CCCC#Cc1cncc(C)c1. The van der Waals surface area contributed by atoms with E-state index in [1.165, 1.54) is 5.56 Å². The van der Waals surface area contributed by atoms with Gasteiger partial charge >= 0.3 is 0 Å². The third-order valence-corrected chi connectivity index (χ3v) is 1.48. The summed E-state index contributed by atoms with van der Waals surface area (Å²) in [6.07, 6.45) is 5.72. The van der Waals surface area contributed by atoms with E-state index < -0.39 is 0 Å². The van der Waals surface area contributed by atoms with Crippen LogP contribution in [0, 0.1) is 18.8 Å². The molecule has 0 fully saturated rings. The van der Waals surface area contributed by atoms with Gasteiger partial charge in [-0.1, -0.05) is 18.8 Å². The fourth-order valence-electron chi connectivity index (χ4n) is 0.913. The molecule has 0 spiro atoms. The third-order valence-electron chi connectivity index (χ3n) is 1.48. The molecule has 1 nitrogen and oxygen atoms in total. The summed E-state index contributed by atoms with van der Waals surface area (Å²) in [5.74, 6) is 6.16. The van der Waals surface area contributed by atoms with Gasteiger partial charge in [-0.15, -0.1) is 0 Å². The molecule has 0 aliphatic carbocycles. The molecule has 0 unspecified atom stereocenters. The Hall–Kier alpha value is -1.29. The first kappa shape index (κ1) is 8.80. The lowest BCUT2D eigenvalue weighted by atomic mass is 10.2. The summed E-state index contributed by atoms with van der Waals surface area (Å²) in [7, 11) is 0. The summed E-state index contributed by atoms with van der Waals surface area (Å²) in [6.45, 7) is 4.15. The Bertz CT molecular complexity index is 304. The van der Waals surface area contributed by atoms with Crippen molar-refractivity contribution in [1.29, 1.82) is 0 Å². The van der Waals surface area contributed by atoms with Crippen molar-refractivity contribution < 1.29 is 0 Å². The summed E-state index contributed by atoms with van der Waals surface area (Å²) >= 11 is 0. The van der Waals surface area contributed by atoms with Crippen molar-refractivity contribution in [3.63, 3.8) is 0 Å². The Morgan fingerprint density at radius 1 is 1.42 bits per heavy atom. The number of unbranched alkanes of at least 4 members (excludes halogenated alkanes) is 1. The molecule has 1 rings (SSSR count).